The quantitative estimate of drug-likeness (QED) is 0.207. The van der Waals surface area contributed by atoms with E-state index >= 15 is 0 Å². The molecule has 0 aliphatic rings. The first kappa shape index (κ1) is 19.6. The van der Waals surface area contributed by atoms with Crippen LogP contribution >= 0.6 is 0 Å². The van der Waals surface area contributed by atoms with E-state index < -0.39 is 5.97 Å². The summed E-state index contributed by atoms with van der Waals surface area (Å²) in [6.07, 6.45) is 16.7. The van der Waals surface area contributed by atoms with Crippen LogP contribution in [0.5, 0.6) is 11.5 Å². The lowest BCUT2D eigenvalue weighted by Crippen LogP contribution is -2.02. The van der Waals surface area contributed by atoms with E-state index in [0.717, 1.165) is 32.1 Å². The minimum Gasteiger partial charge on any atom is -0.504 e. The first-order valence-electron chi connectivity index (χ1n) is 8.44. The summed E-state index contributed by atoms with van der Waals surface area (Å²) in [5.74, 6) is 1.83. The standard InChI is InChI=1S/C20H26O4/c1-2-3-4-5-6-7-8-9-10-15-24-20(23)14-12-17-11-13-18(21)19(22)16-17/h1,11-14,16,21-22H,3-10,15H2/b14-12+. The number of terminal acetylenes is 1. The van der Waals surface area contributed by atoms with Gasteiger partial charge in [0.2, 0.25) is 0 Å². The van der Waals surface area contributed by atoms with E-state index in [4.69, 9.17) is 11.2 Å². The third kappa shape index (κ3) is 8.89. The molecule has 0 amide bonds. The van der Waals surface area contributed by atoms with Crippen LogP contribution in [0, 0.1) is 12.3 Å². The Labute approximate surface area is 144 Å². The van der Waals surface area contributed by atoms with E-state index in [-0.39, 0.29) is 11.5 Å². The fraction of sp³-hybridized carbons (Fsp3) is 0.450. The molecule has 0 heterocycles. The fourth-order valence-electron chi connectivity index (χ4n) is 2.24. The first-order chi connectivity index (χ1) is 11.6. The van der Waals surface area contributed by atoms with Crippen molar-refractivity contribution in [1.29, 1.82) is 0 Å². The van der Waals surface area contributed by atoms with Crippen molar-refractivity contribution in [2.75, 3.05) is 6.61 Å². The molecule has 1 rings (SSSR count). The lowest BCUT2D eigenvalue weighted by molar-refractivity contribution is -0.137. The van der Waals surface area contributed by atoms with Crippen molar-refractivity contribution in [2.45, 2.75) is 51.4 Å². The van der Waals surface area contributed by atoms with Gasteiger partial charge in [-0.05, 0) is 36.6 Å². The summed E-state index contributed by atoms with van der Waals surface area (Å²) in [7, 11) is 0. The topological polar surface area (TPSA) is 66.8 Å². The summed E-state index contributed by atoms with van der Waals surface area (Å²) in [5, 5.41) is 18.6. The molecule has 0 bridgehead atoms. The Morgan fingerprint density at radius 3 is 2.38 bits per heavy atom. The zero-order valence-corrected chi connectivity index (χ0v) is 14.0. The molecule has 24 heavy (non-hydrogen) atoms. The van der Waals surface area contributed by atoms with Gasteiger partial charge in [-0.1, -0.05) is 38.2 Å². The summed E-state index contributed by atoms with van der Waals surface area (Å²) in [6, 6.07) is 4.35. The van der Waals surface area contributed by atoms with E-state index in [9.17, 15) is 15.0 Å². The highest BCUT2D eigenvalue weighted by Gasteiger charge is 2.00. The molecule has 1 aromatic rings. The van der Waals surface area contributed by atoms with Gasteiger partial charge < -0.3 is 14.9 Å². The zero-order valence-electron chi connectivity index (χ0n) is 14.0. The molecular formula is C20H26O4. The Morgan fingerprint density at radius 1 is 1.04 bits per heavy atom. The second-order valence-electron chi connectivity index (χ2n) is 5.68. The minimum absolute atomic E-state index is 0.189. The SMILES string of the molecule is C#CCCCCCCCCCOC(=O)/C=C/c1ccc(O)c(O)c1. The highest BCUT2D eigenvalue weighted by molar-refractivity contribution is 5.87. The predicted octanol–water partition coefficient (Wildman–Crippen LogP) is 4.41. The van der Waals surface area contributed by atoms with Crippen LogP contribution in [0.4, 0.5) is 0 Å². The molecule has 0 aliphatic carbocycles. The van der Waals surface area contributed by atoms with Crippen molar-refractivity contribution in [3.05, 3.63) is 29.8 Å². The third-order valence-electron chi connectivity index (χ3n) is 3.62. The molecular weight excluding hydrogens is 304 g/mol. The van der Waals surface area contributed by atoms with Crippen LogP contribution in [0.2, 0.25) is 0 Å². The number of rotatable bonds is 11. The number of unbranched alkanes of at least 4 members (excludes halogenated alkanes) is 7. The van der Waals surface area contributed by atoms with Crippen LogP contribution in [0.25, 0.3) is 6.08 Å². The Balaban J connectivity index is 2.06. The molecule has 0 fully saturated rings. The molecule has 130 valence electrons. The van der Waals surface area contributed by atoms with Crippen molar-refractivity contribution in [1.82, 2.24) is 0 Å². The van der Waals surface area contributed by atoms with Gasteiger partial charge in [-0.25, -0.2) is 4.79 Å². The lowest BCUT2D eigenvalue weighted by atomic mass is 10.1. The Bertz CT molecular complexity index is 569. The van der Waals surface area contributed by atoms with Gasteiger partial charge in [0.1, 0.15) is 0 Å². The first-order valence-corrected chi connectivity index (χ1v) is 8.44. The average molecular weight is 330 g/mol. The smallest absolute Gasteiger partial charge is 0.330 e. The molecule has 0 aromatic heterocycles. The summed E-state index contributed by atoms with van der Waals surface area (Å²) < 4.78 is 5.12. The maximum absolute atomic E-state index is 11.6. The van der Waals surface area contributed by atoms with E-state index in [1.165, 1.54) is 43.5 Å². The number of ether oxygens (including phenoxy) is 1. The maximum Gasteiger partial charge on any atom is 0.330 e. The number of phenols is 2. The number of esters is 1. The number of aromatic hydroxyl groups is 2. The van der Waals surface area contributed by atoms with Crippen molar-refractivity contribution in [3.63, 3.8) is 0 Å². The molecule has 4 nitrogen and oxygen atoms in total. The number of phenolic OH excluding ortho intramolecular Hbond substituents is 2. The van der Waals surface area contributed by atoms with Gasteiger partial charge in [-0.2, -0.15) is 0 Å². The van der Waals surface area contributed by atoms with Crippen LogP contribution in [-0.2, 0) is 9.53 Å². The molecule has 0 unspecified atom stereocenters. The van der Waals surface area contributed by atoms with Crippen LogP contribution < -0.4 is 0 Å². The summed E-state index contributed by atoms with van der Waals surface area (Å²) >= 11 is 0. The van der Waals surface area contributed by atoms with Crippen LogP contribution in [0.1, 0.15) is 56.9 Å². The van der Waals surface area contributed by atoms with Crippen molar-refractivity contribution in [2.24, 2.45) is 0 Å². The Hall–Kier alpha value is -2.41. The molecule has 4 heteroatoms. The number of benzene rings is 1. The third-order valence-corrected chi connectivity index (χ3v) is 3.62. The van der Waals surface area contributed by atoms with Gasteiger partial charge in [0.25, 0.3) is 0 Å². The Morgan fingerprint density at radius 2 is 1.71 bits per heavy atom. The second kappa shape index (κ2) is 12.1. The van der Waals surface area contributed by atoms with Crippen molar-refractivity contribution >= 4 is 12.0 Å². The normalized spacial score (nSPS) is 10.6. The highest BCUT2D eigenvalue weighted by Crippen LogP contribution is 2.25. The monoisotopic (exact) mass is 330 g/mol. The van der Waals surface area contributed by atoms with Crippen LogP contribution in [0.3, 0.4) is 0 Å². The van der Waals surface area contributed by atoms with Gasteiger partial charge >= 0.3 is 5.97 Å². The van der Waals surface area contributed by atoms with E-state index in [0.29, 0.717) is 12.2 Å². The predicted molar refractivity (Wildman–Crippen MR) is 95.5 cm³/mol. The molecule has 0 saturated carbocycles. The lowest BCUT2D eigenvalue weighted by Gasteiger charge is -2.03. The number of carbonyl (C=O) groups is 1. The number of hydrogen-bond donors (Lipinski definition) is 2. The second-order valence-corrected chi connectivity index (χ2v) is 5.68. The van der Waals surface area contributed by atoms with Crippen molar-refractivity contribution in [3.8, 4) is 23.8 Å². The summed E-state index contributed by atoms with van der Waals surface area (Å²) in [5.41, 5.74) is 0.618. The molecule has 0 aliphatic heterocycles. The van der Waals surface area contributed by atoms with Gasteiger partial charge in [0, 0.05) is 12.5 Å². The van der Waals surface area contributed by atoms with Gasteiger partial charge in [-0.3, -0.25) is 0 Å². The van der Waals surface area contributed by atoms with Crippen molar-refractivity contribution < 1.29 is 19.7 Å². The van der Waals surface area contributed by atoms with E-state index in [1.807, 2.05) is 0 Å². The van der Waals surface area contributed by atoms with Gasteiger partial charge in [0.05, 0.1) is 6.61 Å². The largest absolute Gasteiger partial charge is 0.504 e. The molecule has 2 N–H and O–H groups in total. The minimum atomic E-state index is -0.406. The molecule has 0 saturated heterocycles. The Kier molecular flexibility index (Phi) is 9.87. The molecule has 0 radical (unpaired) electrons. The highest BCUT2D eigenvalue weighted by atomic mass is 16.5. The van der Waals surface area contributed by atoms with Gasteiger partial charge in [-0.15, -0.1) is 12.3 Å². The number of hydrogen-bond acceptors (Lipinski definition) is 4. The fourth-order valence-corrected chi connectivity index (χ4v) is 2.24. The molecule has 0 atom stereocenters. The molecule has 0 spiro atoms. The molecule has 1 aromatic carbocycles. The van der Waals surface area contributed by atoms with E-state index in [1.54, 1.807) is 6.07 Å². The number of carbonyl (C=O) groups excluding carboxylic acids is 1. The van der Waals surface area contributed by atoms with Crippen LogP contribution in [-0.4, -0.2) is 22.8 Å². The van der Waals surface area contributed by atoms with Crippen LogP contribution in [0.15, 0.2) is 24.3 Å². The van der Waals surface area contributed by atoms with E-state index in [2.05, 4.69) is 5.92 Å². The van der Waals surface area contributed by atoms with Gasteiger partial charge in [0.15, 0.2) is 11.5 Å². The summed E-state index contributed by atoms with van der Waals surface area (Å²) in [4.78, 5) is 11.6. The maximum atomic E-state index is 11.6. The average Bonchev–Trinajstić information content (AvgIpc) is 2.57. The zero-order chi connectivity index (χ0) is 17.6. The summed E-state index contributed by atoms with van der Waals surface area (Å²) in [6.45, 7) is 0.418.